The van der Waals surface area contributed by atoms with E-state index in [9.17, 15) is 29.3 Å². The van der Waals surface area contributed by atoms with Crippen molar-refractivity contribution in [1.82, 2.24) is 4.90 Å². The van der Waals surface area contributed by atoms with E-state index in [1.54, 1.807) is 13.8 Å². The van der Waals surface area contributed by atoms with Crippen molar-refractivity contribution in [2.45, 2.75) is 31.7 Å². The first-order chi connectivity index (χ1) is 19.7. The molecule has 0 radical (unpaired) electrons. The van der Waals surface area contributed by atoms with Crippen LogP contribution in [-0.4, -0.2) is 46.2 Å². The largest absolute Gasteiger partial charge is 0.454 e. The van der Waals surface area contributed by atoms with Gasteiger partial charge in [-0.1, -0.05) is 68.4 Å². The highest BCUT2D eigenvalue weighted by Crippen LogP contribution is 2.61. The number of nitrogens with zero attached hydrogens (tertiary/aromatic N) is 2. The first-order valence-corrected chi connectivity index (χ1v) is 13.4. The van der Waals surface area contributed by atoms with Gasteiger partial charge in [0.25, 0.3) is 11.6 Å². The molecule has 1 saturated heterocycles. The molecule has 7 rings (SSSR count). The second-order valence-corrected chi connectivity index (χ2v) is 11.0. The van der Waals surface area contributed by atoms with Gasteiger partial charge in [0.15, 0.2) is 6.61 Å². The van der Waals surface area contributed by atoms with Gasteiger partial charge >= 0.3 is 5.97 Å². The third kappa shape index (κ3) is 4.18. The number of ether oxygens (including phenoxy) is 1. The summed E-state index contributed by atoms with van der Waals surface area (Å²) < 4.78 is 5.30. The monoisotopic (exact) mass is 553 g/mol. The Morgan fingerprint density at radius 3 is 1.85 bits per heavy atom. The molecule has 3 aliphatic carbocycles. The van der Waals surface area contributed by atoms with E-state index in [2.05, 4.69) is 5.32 Å². The number of carbonyl (C=O) groups is 4. The van der Waals surface area contributed by atoms with E-state index in [1.807, 2.05) is 48.5 Å². The molecule has 3 aromatic carbocycles. The zero-order chi connectivity index (χ0) is 29.0. The standard InChI is InChI=1S/C31H27N3O7/c1-16(2)28(31(38)41-15-23(35)32-17-8-7-9-18(14-17)34(39)40)33-29(36)26-24-19-10-3-4-11-20(19)25(27(26)30(33)37)22-13-6-5-12-21(22)24/h3-14,16,24-28H,15H2,1-2H3,(H,32,35)/t24?,25?,26-,27-,28-/m1/s1. The van der Waals surface area contributed by atoms with Crippen molar-refractivity contribution in [3.05, 3.63) is 105 Å². The lowest BCUT2D eigenvalue weighted by atomic mass is 9.55. The van der Waals surface area contributed by atoms with Gasteiger partial charge in [-0.15, -0.1) is 0 Å². The number of non-ortho nitro benzene ring substituents is 1. The lowest BCUT2D eigenvalue weighted by molar-refractivity contribution is -0.384. The maximum absolute atomic E-state index is 14.0. The highest BCUT2D eigenvalue weighted by Gasteiger charge is 2.63. The Bertz CT molecular complexity index is 1500. The van der Waals surface area contributed by atoms with Crippen LogP contribution in [0.3, 0.4) is 0 Å². The average Bonchev–Trinajstić information content (AvgIpc) is 3.22. The summed E-state index contributed by atoms with van der Waals surface area (Å²) in [4.78, 5) is 65.4. The summed E-state index contributed by atoms with van der Waals surface area (Å²) in [5.41, 5.74) is 4.09. The van der Waals surface area contributed by atoms with Crippen LogP contribution in [0.2, 0.25) is 0 Å². The number of amides is 3. The fourth-order valence-electron chi connectivity index (χ4n) is 6.77. The van der Waals surface area contributed by atoms with Crippen LogP contribution in [0, 0.1) is 27.9 Å². The van der Waals surface area contributed by atoms with Crippen LogP contribution < -0.4 is 5.32 Å². The van der Waals surface area contributed by atoms with E-state index in [4.69, 9.17) is 4.74 Å². The van der Waals surface area contributed by atoms with E-state index in [-0.39, 0.29) is 23.2 Å². The van der Waals surface area contributed by atoms with Gasteiger partial charge in [0.05, 0.1) is 16.8 Å². The second kappa shape index (κ2) is 9.96. The maximum Gasteiger partial charge on any atom is 0.330 e. The van der Waals surface area contributed by atoms with E-state index in [0.717, 1.165) is 27.2 Å². The van der Waals surface area contributed by atoms with Crippen LogP contribution in [0.1, 0.15) is 47.9 Å². The van der Waals surface area contributed by atoms with Gasteiger partial charge in [0.2, 0.25) is 11.8 Å². The van der Waals surface area contributed by atoms with Crippen molar-refractivity contribution in [1.29, 1.82) is 0 Å². The summed E-state index contributed by atoms with van der Waals surface area (Å²) in [6.45, 7) is 2.75. The molecule has 10 nitrogen and oxygen atoms in total. The summed E-state index contributed by atoms with van der Waals surface area (Å²) in [5, 5.41) is 13.5. The van der Waals surface area contributed by atoms with Crippen molar-refractivity contribution in [2.24, 2.45) is 17.8 Å². The van der Waals surface area contributed by atoms with Gasteiger partial charge in [-0.3, -0.25) is 29.4 Å². The lowest BCUT2D eigenvalue weighted by Crippen LogP contribution is -2.49. The Kier molecular flexibility index (Phi) is 6.40. The minimum absolute atomic E-state index is 0.171. The molecule has 10 heteroatoms. The molecular weight excluding hydrogens is 526 g/mol. The van der Waals surface area contributed by atoms with Crippen molar-refractivity contribution in [2.75, 3.05) is 11.9 Å². The molecule has 0 aromatic heterocycles. The van der Waals surface area contributed by atoms with Crippen molar-refractivity contribution < 1.29 is 28.8 Å². The van der Waals surface area contributed by atoms with Gasteiger partial charge in [-0.25, -0.2) is 4.79 Å². The Hall–Kier alpha value is -4.86. The Morgan fingerprint density at radius 2 is 1.39 bits per heavy atom. The summed E-state index contributed by atoms with van der Waals surface area (Å²) in [6.07, 6.45) is 0. The summed E-state index contributed by atoms with van der Waals surface area (Å²) >= 11 is 0. The highest BCUT2D eigenvalue weighted by molar-refractivity contribution is 6.10. The summed E-state index contributed by atoms with van der Waals surface area (Å²) in [6, 6.07) is 19.9. The molecule has 41 heavy (non-hydrogen) atoms. The van der Waals surface area contributed by atoms with E-state index >= 15 is 0 Å². The third-order valence-electron chi connectivity index (χ3n) is 8.32. The van der Waals surface area contributed by atoms with Gasteiger partial charge in [-0.05, 0) is 34.2 Å². The second-order valence-electron chi connectivity index (χ2n) is 11.0. The van der Waals surface area contributed by atoms with E-state index in [1.165, 1.54) is 24.3 Å². The number of nitro groups is 1. The fourth-order valence-corrected chi connectivity index (χ4v) is 6.77. The predicted octanol–water partition coefficient (Wildman–Crippen LogP) is 3.99. The Labute approximate surface area is 235 Å². The zero-order valence-corrected chi connectivity index (χ0v) is 22.4. The molecule has 0 spiro atoms. The Morgan fingerprint density at radius 1 is 0.878 bits per heavy atom. The first-order valence-electron chi connectivity index (χ1n) is 13.4. The van der Waals surface area contributed by atoms with Crippen molar-refractivity contribution >= 4 is 35.1 Å². The highest BCUT2D eigenvalue weighted by atomic mass is 16.6. The van der Waals surface area contributed by atoms with Crippen LogP contribution in [0.25, 0.3) is 0 Å². The van der Waals surface area contributed by atoms with E-state index in [0.29, 0.717) is 0 Å². The minimum atomic E-state index is -1.21. The fraction of sp³-hybridized carbons (Fsp3) is 0.290. The van der Waals surface area contributed by atoms with Crippen LogP contribution in [0.5, 0.6) is 0 Å². The molecule has 2 bridgehead atoms. The maximum atomic E-state index is 14.0. The number of likely N-dealkylation sites (tertiary alicyclic amines) is 1. The molecule has 3 aromatic rings. The molecule has 1 fully saturated rings. The number of carbonyl (C=O) groups excluding carboxylic acids is 4. The smallest absolute Gasteiger partial charge is 0.330 e. The molecule has 0 unspecified atom stereocenters. The third-order valence-corrected chi connectivity index (χ3v) is 8.32. The minimum Gasteiger partial charge on any atom is -0.454 e. The Balaban J connectivity index is 1.24. The SMILES string of the molecule is CC(C)[C@H](C(=O)OCC(=O)Nc1cccc([N+](=O)[O-])c1)N1C(=O)[C@@H]2C3c4ccccc4C(c4ccccc43)[C@H]2C1=O. The molecule has 1 aliphatic heterocycles. The summed E-state index contributed by atoms with van der Waals surface area (Å²) in [7, 11) is 0. The van der Waals surface area contributed by atoms with Crippen LogP contribution in [0.15, 0.2) is 72.8 Å². The van der Waals surface area contributed by atoms with Gasteiger partial charge in [0, 0.05) is 29.7 Å². The molecule has 0 saturated carbocycles. The van der Waals surface area contributed by atoms with Crippen LogP contribution >= 0.6 is 0 Å². The number of imide groups is 1. The number of anilines is 1. The van der Waals surface area contributed by atoms with Crippen LogP contribution in [-0.2, 0) is 23.9 Å². The van der Waals surface area contributed by atoms with Gasteiger partial charge in [-0.2, -0.15) is 0 Å². The molecular formula is C31H27N3O7. The van der Waals surface area contributed by atoms with Crippen molar-refractivity contribution in [3.63, 3.8) is 0 Å². The zero-order valence-electron chi connectivity index (χ0n) is 22.4. The lowest BCUT2D eigenvalue weighted by Gasteiger charge is -2.45. The molecule has 3 atom stereocenters. The van der Waals surface area contributed by atoms with Crippen LogP contribution in [0.4, 0.5) is 11.4 Å². The molecule has 1 heterocycles. The quantitative estimate of drug-likeness (QED) is 0.202. The number of benzene rings is 3. The number of esters is 1. The van der Waals surface area contributed by atoms with Crippen molar-refractivity contribution in [3.8, 4) is 0 Å². The predicted molar refractivity (Wildman–Crippen MR) is 147 cm³/mol. The number of hydrogen-bond donors (Lipinski definition) is 1. The number of rotatable bonds is 7. The number of nitrogens with one attached hydrogen (secondary N) is 1. The molecule has 1 N–H and O–H groups in total. The van der Waals surface area contributed by atoms with Gasteiger partial charge in [0.1, 0.15) is 6.04 Å². The number of hydrogen-bond acceptors (Lipinski definition) is 7. The normalized spacial score (nSPS) is 22.6. The molecule has 4 aliphatic rings. The first kappa shape index (κ1) is 26.4. The van der Waals surface area contributed by atoms with E-state index < -0.39 is 59.0 Å². The molecule has 208 valence electrons. The van der Waals surface area contributed by atoms with Gasteiger partial charge < -0.3 is 10.1 Å². The number of nitro benzene ring substituents is 1. The topological polar surface area (TPSA) is 136 Å². The molecule has 3 amide bonds. The average molecular weight is 554 g/mol. The summed E-state index contributed by atoms with van der Waals surface area (Å²) in [5.74, 6) is -4.74.